The van der Waals surface area contributed by atoms with Gasteiger partial charge in [-0.15, -0.1) is 0 Å². The van der Waals surface area contributed by atoms with Gasteiger partial charge in [-0.3, -0.25) is 0 Å². The Morgan fingerprint density at radius 3 is 1.88 bits per heavy atom. The zero-order chi connectivity index (χ0) is 6.57. The fourth-order valence-corrected chi connectivity index (χ4v) is 2.06. The predicted octanol–water partition coefficient (Wildman–Crippen LogP) is 1.13. The van der Waals surface area contributed by atoms with E-state index in [0.717, 1.165) is 0 Å². The van der Waals surface area contributed by atoms with Crippen LogP contribution in [-0.2, 0) is 0 Å². The van der Waals surface area contributed by atoms with Gasteiger partial charge in [0, 0.05) is 0 Å². The van der Waals surface area contributed by atoms with Gasteiger partial charge in [0.1, 0.15) is 0 Å². The van der Waals surface area contributed by atoms with Gasteiger partial charge < -0.3 is 0 Å². The molecule has 0 aliphatic carbocycles. The van der Waals surface area contributed by atoms with Crippen LogP contribution in [-0.4, -0.2) is 37.0 Å². The van der Waals surface area contributed by atoms with E-state index in [-0.39, 0.29) is 4.81 Å². The van der Waals surface area contributed by atoms with Crippen LogP contribution in [0.4, 0.5) is 4.79 Å². The van der Waals surface area contributed by atoms with Crippen LogP contribution in [0.5, 0.6) is 0 Å². The normalized spacial score (nSPS) is 8.75. The van der Waals surface area contributed by atoms with Crippen LogP contribution < -0.4 is 0 Å². The van der Waals surface area contributed by atoms with Gasteiger partial charge in [-0.1, -0.05) is 0 Å². The second-order valence-corrected chi connectivity index (χ2v) is 3.31. The molecule has 0 atom stereocenters. The standard InChI is InChI=1S/C3H6NOS2Se/c1-6-4(7-2)3(5)8/h1-2H3. The number of nitrogens with zero attached hydrogens (tertiary/aromatic N) is 1. The van der Waals surface area contributed by atoms with Crippen LogP contribution in [0.25, 0.3) is 0 Å². The first kappa shape index (κ1) is 8.69. The number of hydrogen-bond acceptors (Lipinski definition) is 3. The van der Waals surface area contributed by atoms with E-state index in [9.17, 15) is 4.79 Å². The molecule has 1 amide bonds. The van der Waals surface area contributed by atoms with E-state index in [4.69, 9.17) is 0 Å². The van der Waals surface area contributed by atoms with Gasteiger partial charge in [-0.05, 0) is 0 Å². The first-order chi connectivity index (χ1) is 3.72. The summed E-state index contributed by atoms with van der Waals surface area (Å²) >= 11 is 5.17. The van der Waals surface area contributed by atoms with Crippen molar-refractivity contribution in [3.8, 4) is 0 Å². The van der Waals surface area contributed by atoms with Crippen molar-refractivity contribution in [1.29, 1.82) is 0 Å². The first-order valence-electron chi connectivity index (χ1n) is 1.81. The molecule has 8 heavy (non-hydrogen) atoms. The molecular weight excluding hydrogens is 209 g/mol. The number of hydrogen-bond donors (Lipinski definition) is 0. The summed E-state index contributed by atoms with van der Waals surface area (Å²) in [7, 11) is 0. The first-order valence-corrected chi connectivity index (χ1v) is 5.03. The number of carbonyl (C=O) groups excluding carboxylic acids is 1. The van der Waals surface area contributed by atoms with Crippen molar-refractivity contribution in [3.05, 3.63) is 0 Å². The minimum atomic E-state index is -0.0370. The average molecular weight is 215 g/mol. The molecule has 0 aromatic carbocycles. The van der Waals surface area contributed by atoms with Crippen molar-refractivity contribution >= 4 is 44.7 Å². The zero-order valence-electron chi connectivity index (χ0n) is 4.58. The Morgan fingerprint density at radius 2 is 1.88 bits per heavy atom. The third-order valence-electron chi connectivity index (χ3n) is 0.481. The summed E-state index contributed by atoms with van der Waals surface area (Å²) in [5.74, 6) is 0. The van der Waals surface area contributed by atoms with Crippen LogP contribution in [0.2, 0.25) is 0 Å². The van der Waals surface area contributed by atoms with Crippen molar-refractivity contribution < 1.29 is 4.79 Å². The molecule has 0 aliphatic rings. The molecule has 5 heteroatoms. The summed E-state index contributed by atoms with van der Waals surface area (Å²) < 4.78 is 1.56. The SMILES string of the molecule is CSN(SC)C(=O)[Se]. The monoisotopic (exact) mass is 216 g/mol. The van der Waals surface area contributed by atoms with Crippen molar-refractivity contribution in [2.75, 3.05) is 12.5 Å². The summed E-state index contributed by atoms with van der Waals surface area (Å²) in [6.45, 7) is 0. The number of carbonyl (C=O) groups is 1. The van der Waals surface area contributed by atoms with Crippen LogP contribution in [0.3, 0.4) is 0 Å². The van der Waals surface area contributed by atoms with Gasteiger partial charge in [0.25, 0.3) is 0 Å². The molecular formula is C3H6NOS2Se. The molecule has 0 N–H and O–H groups in total. The molecule has 2 nitrogen and oxygen atoms in total. The molecule has 0 bridgehead atoms. The number of rotatable bonds is 2. The third-order valence-corrected chi connectivity index (χ3v) is 3.27. The van der Waals surface area contributed by atoms with E-state index in [1.54, 1.807) is 3.71 Å². The Balaban J connectivity index is 3.52. The minimum absolute atomic E-state index is 0.0370. The van der Waals surface area contributed by atoms with Crippen LogP contribution in [0.1, 0.15) is 0 Å². The predicted molar refractivity (Wildman–Crippen MR) is 40.0 cm³/mol. The van der Waals surface area contributed by atoms with Crippen LogP contribution >= 0.6 is 23.9 Å². The molecule has 0 rings (SSSR count). The van der Waals surface area contributed by atoms with Crippen molar-refractivity contribution in [2.45, 2.75) is 0 Å². The molecule has 0 saturated heterocycles. The average Bonchev–Trinajstić information content (AvgIpc) is 1.69. The van der Waals surface area contributed by atoms with Crippen LogP contribution in [0.15, 0.2) is 0 Å². The summed E-state index contributed by atoms with van der Waals surface area (Å²) in [5, 5.41) is 0. The van der Waals surface area contributed by atoms with Gasteiger partial charge in [0.05, 0.1) is 0 Å². The Bertz CT molecular complexity index is 85.4. The van der Waals surface area contributed by atoms with Crippen molar-refractivity contribution in [3.63, 3.8) is 0 Å². The Kier molecular flexibility index (Phi) is 4.95. The maximum absolute atomic E-state index is 10.4. The Morgan fingerprint density at radius 1 is 1.50 bits per heavy atom. The van der Waals surface area contributed by atoms with E-state index in [2.05, 4.69) is 16.0 Å². The molecule has 0 saturated carbocycles. The van der Waals surface area contributed by atoms with Crippen molar-refractivity contribution in [2.24, 2.45) is 0 Å². The Labute approximate surface area is 65.8 Å². The molecule has 0 unspecified atom stereocenters. The summed E-state index contributed by atoms with van der Waals surface area (Å²) in [5.41, 5.74) is 0. The fraction of sp³-hybridized carbons (Fsp3) is 0.667. The second kappa shape index (κ2) is 4.56. The third kappa shape index (κ3) is 2.87. The summed E-state index contributed by atoms with van der Waals surface area (Å²) in [6.07, 6.45) is 3.71. The molecule has 47 valence electrons. The Hall–Kier alpha value is 0.689. The fourth-order valence-electron chi connectivity index (χ4n) is 0.224. The van der Waals surface area contributed by atoms with Gasteiger partial charge >= 0.3 is 65.7 Å². The number of amides is 1. The molecule has 1 radical (unpaired) electrons. The maximum atomic E-state index is 10.4. The second-order valence-electron chi connectivity index (χ2n) is 0.888. The molecule has 0 fully saturated rings. The summed E-state index contributed by atoms with van der Waals surface area (Å²) in [4.78, 5) is 10.4. The van der Waals surface area contributed by atoms with Gasteiger partial charge in [-0.25, -0.2) is 0 Å². The van der Waals surface area contributed by atoms with E-state index >= 15 is 0 Å². The van der Waals surface area contributed by atoms with E-state index in [0.29, 0.717) is 0 Å². The van der Waals surface area contributed by atoms with Crippen molar-refractivity contribution in [1.82, 2.24) is 3.71 Å². The van der Waals surface area contributed by atoms with E-state index < -0.39 is 0 Å². The zero-order valence-corrected chi connectivity index (χ0v) is 7.93. The summed E-state index contributed by atoms with van der Waals surface area (Å²) in [6, 6.07) is 0. The van der Waals surface area contributed by atoms with E-state index in [1.165, 1.54) is 23.9 Å². The van der Waals surface area contributed by atoms with Crippen LogP contribution in [0, 0.1) is 0 Å². The molecule has 0 spiro atoms. The van der Waals surface area contributed by atoms with Gasteiger partial charge in [0.15, 0.2) is 0 Å². The van der Waals surface area contributed by atoms with Gasteiger partial charge in [0.2, 0.25) is 0 Å². The molecule has 0 aromatic rings. The molecule has 0 heterocycles. The molecule has 0 aliphatic heterocycles. The van der Waals surface area contributed by atoms with E-state index in [1.807, 2.05) is 12.5 Å². The quantitative estimate of drug-likeness (QED) is 0.508. The topological polar surface area (TPSA) is 20.3 Å². The van der Waals surface area contributed by atoms with Gasteiger partial charge in [-0.2, -0.15) is 0 Å². The molecule has 0 aromatic heterocycles.